The van der Waals surface area contributed by atoms with Crippen molar-refractivity contribution in [3.05, 3.63) is 119 Å². The summed E-state index contributed by atoms with van der Waals surface area (Å²) in [5.41, 5.74) is 4.77. The van der Waals surface area contributed by atoms with Gasteiger partial charge in [0.05, 0.1) is 11.5 Å². The van der Waals surface area contributed by atoms with Crippen molar-refractivity contribution >= 4 is 46.0 Å². The Bertz CT molecular complexity index is 1970. The van der Waals surface area contributed by atoms with Gasteiger partial charge in [0.1, 0.15) is 5.75 Å². The number of ether oxygens (including phenoxy) is 1. The second-order valence-corrected chi connectivity index (χ2v) is 17.1. The molecule has 1 aromatic heterocycles. The molecule has 260 valence electrons. The van der Waals surface area contributed by atoms with Crippen molar-refractivity contribution < 1.29 is 19.4 Å². The van der Waals surface area contributed by atoms with E-state index in [-0.39, 0.29) is 16.6 Å². The average Bonchev–Trinajstić information content (AvgIpc) is 3.71. The molecule has 1 aliphatic rings. The fourth-order valence-corrected chi connectivity index (χ4v) is 7.84. The number of carboxylic acids is 1. The number of hydrogen-bond acceptors (Lipinski definition) is 5. The molecule has 0 aliphatic carbocycles. The highest BCUT2D eigenvalue weighted by atomic mass is 35.5. The van der Waals surface area contributed by atoms with Gasteiger partial charge in [0.15, 0.2) is 6.10 Å². The van der Waals surface area contributed by atoms with Crippen LogP contribution in [0.15, 0.2) is 102 Å². The number of benzene rings is 4. The summed E-state index contributed by atoms with van der Waals surface area (Å²) in [7, 11) is 0. The number of aromatic nitrogens is 1. The van der Waals surface area contributed by atoms with Gasteiger partial charge < -0.3 is 19.7 Å². The van der Waals surface area contributed by atoms with Crippen LogP contribution in [-0.2, 0) is 17.8 Å². The maximum atomic E-state index is 14.2. The zero-order chi connectivity index (χ0) is 35.6. The number of carbonyl (C=O) groups excluding carboxylic acids is 1. The summed E-state index contributed by atoms with van der Waals surface area (Å²) < 4.78 is 8.78. The van der Waals surface area contributed by atoms with Crippen LogP contribution in [0, 0.1) is 5.41 Å². The summed E-state index contributed by atoms with van der Waals surface area (Å²) in [6.45, 7) is 11.4. The van der Waals surface area contributed by atoms with Crippen LogP contribution in [0.5, 0.6) is 5.75 Å². The fourth-order valence-electron chi connectivity index (χ4n) is 6.53. The van der Waals surface area contributed by atoms with Crippen LogP contribution in [0.3, 0.4) is 0 Å². The first-order valence-electron chi connectivity index (χ1n) is 17.2. The van der Waals surface area contributed by atoms with E-state index >= 15 is 0 Å². The van der Waals surface area contributed by atoms with E-state index in [1.807, 2.05) is 84.9 Å². The minimum absolute atomic E-state index is 0.0578. The van der Waals surface area contributed by atoms with Gasteiger partial charge in [0, 0.05) is 49.8 Å². The van der Waals surface area contributed by atoms with Crippen LogP contribution in [0.2, 0.25) is 5.02 Å². The van der Waals surface area contributed by atoms with Gasteiger partial charge in [-0.1, -0.05) is 99.1 Å². The standard InChI is InChI=1S/C42H45ClN2O4S/c1-41(2,3)50-39-33-24-32(21-22-35(33)45(26-27-13-19-31(43)20-14-27)36(39)25-42(4,5)40(47)48)49-38(34-12-9-23-44-34)37(46)30-17-15-29(16-18-30)28-10-7-6-8-11-28/h6-8,10-11,13-22,24,34,38,44H,9,12,23,25-26H2,1-5H3,(H,47,48). The summed E-state index contributed by atoms with van der Waals surface area (Å²) in [5.74, 6) is -0.301. The molecule has 2 unspecified atom stereocenters. The Balaban J connectivity index is 1.41. The Morgan fingerprint density at radius 1 is 0.940 bits per heavy atom. The molecule has 1 saturated heterocycles. The Kier molecular flexibility index (Phi) is 10.5. The summed E-state index contributed by atoms with van der Waals surface area (Å²) >= 11 is 7.95. The minimum Gasteiger partial charge on any atom is -0.481 e. The highest BCUT2D eigenvalue weighted by molar-refractivity contribution is 8.00. The second-order valence-electron chi connectivity index (χ2n) is 14.8. The van der Waals surface area contributed by atoms with Crippen molar-refractivity contribution in [2.45, 2.75) is 82.2 Å². The molecule has 0 bridgehead atoms. The molecule has 2 atom stereocenters. The molecule has 0 spiro atoms. The van der Waals surface area contributed by atoms with Crippen molar-refractivity contribution in [3.8, 4) is 16.9 Å². The van der Waals surface area contributed by atoms with Crippen LogP contribution in [0.1, 0.15) is 69.1 Å². The number of thioether (sulfide) groups is 1. The van der Waals surface area contributed by atoms with Gasteiger partial charge in [-0.05, 0) is 80.3 Å². The molecule has 0 amide bonds. The summed E-state index contributed by atoms with van der Waals surface area (Å²) in [4.78, 5) is 27.6. The molecule has 50 heavy (non-hydrogen) atoms. The number of aliphatic carboxylic acids is 1. The lowest BCUT2D eigenvalue weighted by atomic mass is 9.88. The van der Waals surface area contributed by atoms with Crippen LogP contribution < -0.4 is 10.1 Å². The molecule has 2 heterocycles. The van der Waals surface area contributed by atoms with Crippen molar-refractivity contribution in [2.75, 3.05) is 6.54 Å². The number of carboxylic acid groups (broad SMARTS) is 1. The molecule has 4 aromatic carbocycles. The van der Waals surface area contributed by atoms with E-state index < -0.39 is 17.5 Å². The summed E-state index contributed by atoms with van der Waals surface area (Å²) in [6.07, 6.45) is 1.45. The van der Waals surface area contributed by atoms with E-state index in [9.17, 15) is 14.7 Å². The van der Waals surface area contributed by atoms with Gasteiger partial charge in [-0.2, -0.15) is 0 Å². The van der Waals surface area contributed by atoms with E-state index in [0.29, 0.717) is 29.3 Å². The normalized spacial score (nSPS) is 15.7. The smallest absolute Gasteiger partial charge is 0.309 e. The zero-order valence-corrected chi connectivity index (χ0v) is 30.9. The molecular weight excluding hydrogens is 664 g/mol. The second kappa shape index (κ2) is 14.7. The lowest BCUT2D eigenvalue weighted by molar-refractivity contribution is -0.146. The minimum atomic E-state index is -1.000. The number of nitrogens with one attached hydrogen (secondary N) is 1. The molecule has 8 heteroatoms. The number of rotatable bonds is 12. The van der Waals surface area contributed by atoms with Gasteiger partial charge in [-0.3, -0.25) is 9.59 Å². The average molecular weight is 709 g/mol. The van der Waals surface area contributed by atoms with Gasteiger partial charge in [-0.15, -0.1) is 11.8 Å². The summed E-state index contributed by atoms with van der Waals surface area (Å²) in [6, 6.07) is 31.6. The number of nitrogens with zero attached hydrogens (tertiary/aromatic N) is 1. The van der Waals surface area contributed by atoms with Crippen LogP contribution in [-0.4, -0.2) is 44.9 Å². The maximum Gasteiger partial charge on any atom is 0.309 e. The van der Waals surface area contributed by atoms with Gasteiger partial charge in [0.2, 0.25) is 5.78 Å². The Labute approximate surface area is 304 Å². The molecule has 6 nitrogen and oxygen atoms in total. The molecule has 2 N–H and O–H groups in total. The highest BCUT2D eigenvalue weighted by Crippen LogP contribution is 2.44. The third-order valence-corrected chi connectivity index (χ3v) is 10.7. The third kappa shape index (κ3) is 8.12. The topological polar surface area (TPSA) is 80.6 Å². The number of ketones is 1. The van der Waals surface area contributed by atoms with Crippen molar-refractivity contribution in [3.63, 3.8) is 0 Å². The molecule has 0 saturated carbocycles. The number of Topliss-reactive ketones (excluding diaryl/α,β-unsaturated/α-hetero) is 1. The Morgan fingerprint density at radius 3 is 2.24 bits per heavy atom. The van der Waals surface area contributed by atoms with E-state index in [0.717, 1.165) is 57.6 Å². The Morgan fingerprint density at radius 2 is 1.62 bits per heavy atom. The lowest BCUT2D eigenvalue weighted by Crippen LogP contribution is -2.44. The number of fused-ring (bicyclic) bond motifs is 1. The van der Waals surface area contributed by atoms with Crippen molar-refractivity contribution in [1.29, 1.82) is 0 Å². The van der Waals surface area contributed by atoms with Crippen LogP contribution in [0.25, 0.3) is 22.0 Å². The van der Waals surface area contributed by atoms with Crippen molar-refractivity contribution in [2.24, 2.45) is 5.41 Å². The largest absolute Gasteiger partial charge is 0.481 e. The fraction of sp³-hybridized carbons (Fsp3) is 0.333. The molecule has 1 aliphatic heterocycles. The van der Waals surface area contributed by atoms with Gasteiger partial charge >= 0.3 is 5.97 Å². The number of carbonyl (C=O) groups is 2. The van der Waals surface area contributed by atoms with E-state index in [2.05, 4.69) is 42.8 Å². The first-order chi connectivity index (χ1) is 23.8. The van der Waals surface area contributed by atoms with Crippen LogP contribution in [0.4, 0.5) is 0 Å². The van der Waals surface area contributed by atoms with E-state index in [1.54, 1.807) is 25.6 Å². The predicted octanol–water partition coefficient (Wildman–Crippen LogP) is 9.94. The van der Waals surface area contributed by atoms with Crippen molar-refractivity contribution in [1.82, 2.24) is 9.88 Å². The molecule has 6 rings (SSSR count). The zero-order valence-electron chi connectivity index (χ0n) is 29.3. The monoisotopic (exact) mass is 708 g/mol. The third-order valence-electron chi connectivity index (χ3n) is 9.20. The molecule has 1 fully saturated rings. The maximum absolute atomic E-state index is 14.2. The van der Waals surface area contributed by atoms with E-state index in [4.69, 9.17) is 16.3 Å². The molecule has 5 aromatic rings. The Hall–Kier alpha value is -4.04. The SMILES string of the molecule is CC(C)(C)Sc1c(CC(C)(C)C(=O)O)n(Cc2ccc(Cl)cc2)c2ccc(OC(C(=O)c3ccc(-c4ccccc4)cc3)C3CCCN3)cc12. The van der Waals surface area contributed by atoms with Gasteiger partial charge in [0.25, 0.3) is 0 Å². The quantitative estimate of drug-likeness (QED) is 0.0992. The highest BCUT2D eigenvalue weighted by Gasteiger charge is 2.35. The van der Waals surface area contributed by atoms with E-state index in [1.165, 1.54) is 0 Å². The first-order valence-corrected chi connectivity index (χ1v) is 18.4. The van der Waals surface area contributed by atoms with Gasteiger partial charge in [-0.25, -0.2) is 0 Å². The van der Waals surface area contributed by atoms with Crippen LogP contribution >= 0.6 is 23.4 Å². The molecule has 0 radical (unpaired) electrons. The number of halogens is 1. The first kappa shape index (κ1) is 35.8. The lowest BCUT2D eigenvalue weighted by Gasteiger charge is -2.24. The predicted molar refractivity (Wildman–Crippen MR) is 205 cm³/mol. The summed E-state index contributed by atoms with van der Waals surface area (Å²) in [5, 5.41) is 15.3. The number of hydrogen-bond donors (Lipinski definition) is 2. The molecular formula is C42H45ClN2O4S.